The molecule has 2 aromatic rings. The van der Waals surface area contributed by atoms with Crippen LogP contribution in [0.2, 0.25) is 0 Å². The van der Waals surface area contributed by atoms with Crippen LogP contribution in [0.5, 0.6) is 5.75 Å². The molecule has 0 unspecified atom stereocenters. The van der Waals surface area contributed by atoms with Crippen molar-refractivity contribution >= 4 is 40.3 Å². The van der Waals surface area contributed by atoms with Crippen molar-refractivity contribution in [2.24, 2.45) is 0 Å². The molecule has 2 aromatic carbocycles. The Bertz CT molecular complexity index is 606. The van der Waals surface area contributed by atoms with Gasteiger partial charge >= 0.3 is 0 Å². The molecule has 0 aromatic heterocycles. The minimum Gasteiger partial charge on any atom is -0.487 e. The number of benzene rings is 2. The van der Waals surface area contributed by atoms with Crippen molar-refractivity contribution in [3.05, 3.63) is 52.5 Å². The van der Waals surface area contributed by atoms with Crippen LogP contribution in [0.4, 0.5) is 0 Å². The van der Waals surface area contributed by atoms with Crippen molar-refractivity contribution < 1.29 is 9.53 Å². The fourth-order valence-corrected chi connectivity index (χ4v) is 1.82. The topological polar surface area (TPSA) is 26.3 Å². The highest BCUT2D eigenvalue weighted by molar-refractivity contribution is 6.36. The summed E-state index contributed by atoms with van der Waals surface area (Å²) in [5.41, 5.74) is 1.76. The molecule has 0 aliphatic rings. The molecule has 2 rings (SSSR count). The van der Waals surface area contributed by atoms with Gasteiger partial charge in [0, 0.05) is 5.54 Å². The first-order valence-corrected chi connectivity index (χ1v) is 6.12. The molecule has 0 atom stereocenters. The van der Waals surface area contributed by atoms with E-state index in [0.29, 0.717) is 16.3 Å². The van der Waals surface area contributed by atoms with Gasteiger partial charge in [-0.25, -0.2) is 0 Å². The molecule has 0 spiro atoms. The van der Waals surface area contributed by atoms with Gasteiger partial charge in [0.2, 0.25) is 0 Å². The molecule has 92 valence electrons. The average Bonchev–Trinajstić information content (AvgIpc) is 2.43. The van der Waals surface area contributed by atoms with Crippen molar-refractivity contribution in [2.75, 3.05) is 6.61 Å². The van der Waals surface area contributed by atoms with Crippen molar-refractivity contribution in [1.82, 2.24) is 0 Å². The standard InChI is InChI=1S/C14H10Cl2O2/c15-7-11(16)9-18-14-6-5-10-3-1-2-4-12(10)13(14)8-17/h1-8H,9H2. The lowest BCUT2D eigenvalue weighted by Crippen LogP contribution is -2.00. The highest BCUT2D eigenvalue weighted by Gasteiger charge is 2.08. The van der Waals surface area contributed by atoms with Gasteiger partial charge in [-0.15, -0.1) is 0 Å². The number of hydrogen-bond acceptors (Lipinski definition) is 2. The molecule has 0 heterocycles. The highest BCUT2D eigenvalue weighted by atomic mass is 35.5. The highest BCUT2D eigenvalue weighted by Crippen LogP contribution is 2.27. The monoisotopic (exact) mass is 280 g/mol. The van der Waals surface area contributed by atoms with E-state index in [1.807, 2.05) is 30.3 Å². The number of hydrogen-bond donors (Lipinski definition) is 0. The zero-order valence-electron chi connectivity index (χ0n) is 9.40. The third kappa shape index (κ3) is 2.66. The summed E-state index contributed by atoms with van der Waals surface area (Å²) < 4.78 is 5.47. The van der Waals surface area contributed by atoms with E-state index in [1.165, 1.54) is 5.54 Å². The van der Waals surface area contributed by atoms with Crippen LogP contribution in [0.3, 0.4) is 0 Å². The number of rotatable bonds is 4. The molecule has 2 nitrogen and oxygen atoms in total. The lowest BCUT2D eigenvalue weighted by Gasteiger charge is -2.10. The third-order valence-electron chi connectivity index (χ3n) is 2.53. The molecule has 0 amide bonds. The average molecular weight is 281 g/mol. The molecule has 0 N–H and O–H groups in total. The Hall–Kier alpha value is -1.51. The minimum absolute atomic E-state index is 0.143. The van der Waals surface area contributed by atoms with E-state index in [4.69, 9.17) is 27.9 Å². The van der Waals surface area contributed by atoms with Gasteiger partial charge in [0.25, 0.3) is 0 Å². The van der Waals surface area contributed by atoms with Crippen LogP contribution in [0.1, 0.15) is 10.4 Å². The predicted octanol–water partition coefficient (Wildman–Crippen LogP) is 4.35. The number of halogens is 2. The van der Waals surface area contributed by atoms with E-state index < -0.39 is 0 Å². The number of fused-ring (bicyclic) bond motifs is 1. The molecular formula is C14H10Cl2O2. The first kappa shape index (κ1) is 12.9. The third-order valence-corrected chi connectivity index (χ3v) is 3.13. The first-order valence-electron chi connectivity index (χ1n) is 5.30. The van der Waals surface area contributed by atoms with Gasteiger partial charge in [-0.1, -0.05) is 53.5 Å². The minimum atomic E-state index is 0.143. The molecule has 0 saturated heterocycles. The van der Waals surface area contributed by atoms with Crippen LogP contribution < -0.4 is 4.74 Å². The predicted molar refractivity (Wildman–Crippen MR) is 74.6 cm³/mol. The van der Waals surface area contributed by atoms with Crippen LogP contribution in [0.25, 0.3) is 10.8 Å². The van der Waals surface area contributed by atoms with Crippen LogP contribution in [-0.4, -0.2) is 12.9 Å². The zero-order valence-corrected chi connectivity index (χ0v) is 10.9. The summed E-state index contributed by atoms with van der Waals surface area (Å²) in [6.07, 6.45) is 0.788. The Morgan fingerprint density at radius 3 is 2.72 bits per heavy atom. The number of aldehydes is 1. The summed E-state index contributed by atoms with van der Waals surface area (Å²) >= 11 is 11.2. The summed E-state index contributed by atoms with van der Waals surface area (Å²) in [6, 6.07) is 11.3. The van der Waals surface area contributed by atoms with Gasteiger partial charge in [0.05, 0.1) is 10.6 Å². The SMILES string of the molecule is O=Cc1c(OCC(Cl)=CCl)ccc2ccccc12. The summed E-state index contributed by atoms with van der Waals surface area (Å²) in [6.45, 7) is 0.143. The van der Waals surface area contributed by atoms with Crippen molar-refractivity contribution in [3.8, 4) is 5.75 Å². The summed E-state index contributed by atoms with van der Waals surface area (Å²) in [7, 11) is 0. The second kappa shape index (κ2) is 5.89. The molecule has 0 fully saturated rings. The summed E-state index contributed by atoms with van der Waals surface area (Å²) in [5.74, 6) is 0.500. The second-order valence-electron chi connectivity index (χ2n) is 3.66. The van der Waals surface area contributed by atoms with E-state index in [9.17, 15) is 4.79 Å². The molecule has 0 saturated carbocycles. The van der Waals surface area contributed by atoms with E-state index >= 15 is 0 Å². The molecule has 0 bridgehead atoms. The second-order valence-corrected chi connectivity index (χ2v) is 4.36. The van der Waals surface area contributed by atoms with Gasteiger partial charge in [-0.3, -0.25) is 4.79 Å². The first-order chi connectivity index (χ1) is 8.76. The van der Waals surface area contributed by atoms with E-state index in [0.717, 1.165) is 17.1 Å². The summed E-state index contributed by atoms with van der Waals surface area (Å²) in [5, 5.41) is 2.23. The Morgan fingerprint density at radius 1 is 1.22 bits per heavy atom. The van der Waals surface area contributed by atoms with Crippen LogP contribution in [-0.2, 0) is 0 Å². The lowest BCUT2D eigenvalue weighted by molar-refractivity contribution is 0.112. The van der Waals surface area contributed by atoms with E-state index in [1.54, 1.807) is 6.07 Å². The van der Waals surface area contributed by atoms with Crippen LogP contribution >= 0.6 is 23.2 Å². The zero-order chi connectivity index (χ0) is 13.0. The summed E-state index contributed by atoms with van der Waals surface area (Å²) in [4.78, 5) is 11.2. The maximum Gasteiger partial charge on any atom is 0.154 e. The van der Waals surface area contributed by atoms with E-state index in [2.05, 4.69) is 0 Å². The van der Waals surface area contributed by atoms with Gasteiger partial charge < -0.3 is 4.74 Å². The maximum absolute atomic E-state index is 11.2. The smallest absolute Gasteiger partial charge is 0.154 e. The molecule has 4 heteroatoms. The fraction of sp³-hybridized carbons (Fsp3) is 0.0714. The Kier molecular flexibility index (Phi) is 4.24. The van der Waals surface area contributed by atoms with Crippen LogP contribution in [0, 0.1) is 0 Å². The largest absolute Gasteiger partial charge is 0.487 e. The Morgan fingerprint density at radius 2 is 2.00 bits per heavy atom. The number of carbonyl (C=O) groups is 1. The lowest BCUT2D eigenvalue weighted by atomic mass is 10.0. The van der Waals surface area contributed by atoms with Crippen molar-refractivity contribution in [3.63, 3.8) is 0 Å². The molecule has 0 aliphatic heterocycles. The molecule has 0 radical (unpaired) electrons. The van der Waals surface area contributed by atoms with Crippen molar-refractivity contribution in [1.29, 1.82) is 0 Å². The Balaban J connectivity index is 2.42. The Labute approximate surface area is 115 Å². The molecule has 18 heavy (non-hydrogen) atoms. The van der Waals surface area contributed by atoms with Crippen LogP contribution in [0.15, 0.2) is 47.0 Å². The normalized spacial score (nSPS) is 11.6. The van der Waals surface area contributed by atoms with Gasteiger partial charge in [-0.05, 0) is 16.8 Å². The molecule has 0 aliphatic carbocycles. The number of carbonyl (C=O) groups excluding carboxylic acids is 1. The van der Waals surface area contributed by atoms with E-state index in [-0.39, 0.29) is 6.61 Å². The van der Waals surface area contributed by atoms with Gasteiger partial charge in [0.15, 0.2) is 6.29 Å². The fourth-order valence-electron chi connectivity index (χ4n) is 1.70. The van der Waals surface area contributed by atoms with Gasteiger partial charge in [-0.2, -0.15) is 0 Å². The quantitative estimate of drug-likeness (QED) is 0.779. The molecular weight excluding hydrogens is 271 g/mol. The van der Waals surface area contributed by atoms with Gasteiger partial charge in [0.1, 0.15) is 12.4 Å². The number of ether oxygens (including phenoxy) is 1. The maximum atomic E-state index is 11.2. The van der Waals surface area contributed by atoms with Crippen molar-refractivity contribution in [2.45, 2.75) is 0 Å².